The van der Waals surface area contributed by atoms with Crippen LogP contribution in [-0.4, -0.2) is 31.1 Å². The SMILES string of the molecule is COc1ccc(C2C=CC=C3CN(c4ccc(C(C)C(=O)OC(C)(C)C)cc4)C(=O)C32)cc1. The van der Waals surface area contributed by atoms with Gasteiger partial charge in [0.05, 0.1) is 18.9 Å². The van der Waals surface area contributed by atoms with Crippen molar-refractivity contribution in [2.24, 2.45) is 5.92 Å². The van der Waals surface area contributed by atoms with Gasteiger partial charge >= 0.3 is 5.97 Å². The highest BCUT2D eigenvalue weighted by atomic mass is 16.6. The van der Waals surface area contributed by atoms with Gasteiger partial charge in [-0.1, -0.05) is 42.5 Å². The van der Waals surface area contributed by atoms with E-state index in [4.69, 9.17) is 9.47 Å². The quantitative estimate of drug-likeness (QED) is 0.580. The van der Waals surface area contributed by atoms with E-state index in [0.29, 0.717) is 6.54 Å². The minimum absolute atomic E-state index is 0.000120. The van der Waals surface area contributed by atoms with Crippen molar-refractivity contribution in [3.8, 4) is 5.75 Å². The molecule has 0 radical (unpaired) electrons. The van der Waals surface area contributed by atoms with Crippen molar-refractivity contribution in [1.29, 1.82) is 0 Å². The van der Waals surface area contributed by atoms with Gasteiger partial charge in [-0.25, -0.2) is 0 Å². The number of methoxy groups -OCH3 is 1. The van der Waals surface area contributed by atoms with E-state index < -0.39 is 5.60 Å². The number of hydrogen-bond acceptors (Lipinski definition) is 4. The minimum atomic E-state index is -0.522. The van der Waals surface area contributed by atoms with Crippen LogP contribution in [0.2, 0.25) is 0 Å². The molecule has 0 saturated carbocycles. The van der Waals surface area contributed by atoms with E-state index in [1.54, 1.807) is 7.11 Å². The first-order chi connectivity index (χ1) is 15.7. The zero-order valence-electron chi connectivity index (χ0n) is 19.9. The van der Waals surface area contributed by atoms with Gasteiger partial charge in [-0.15, -0.1) is 0 Å². The second-order valence-corrected chi connectivity index (χ2v) is 9.67. The van der Waals surface area contributed by atoms with Gasteiger partial charge in [-0.2, -0.15) is 0 Å². The third-order valence-electron chi connectivity index (χ3n) is 6.23. The fourth-order valence-electron chi connectivity index (χ4n) is 4.45. The first-order valence-corrected chi connectivity index (χ1v) is 11.3. The summed E-state index contributed by atoms with van der Waals surface area (Å²) >= 11 is 0. The largest absolute Gasteiger partial charge is 0.497 e. The van der Waals surface area contributed by atoms with Gasteiger partial charge in [-0.3, -0.25) is 9.59 Å². The van der Waals surface area contributed by atoms with Crippen LogP contribution in [0, 0.1) is 5.92 Å². The lowest BCUT2D eigenvalue weighted by molar-refractivity contribution is -0.156. The van der Waals surface area contributed by atoms with Crippen LogP contribution in [0.15, 0.2) is 72.3 Å². The number of rotatable bonds is 5. The number of carbonyl (C=O) groups is 2. The first kappa shape index (κ1) is 22.8. The third-order valence-corrected chi connectivity index (χ3v) is 6.23. The number of carbonyl (C=O) groups excluding carboxylic acids is 2. The summed E-state index contributed by atoms with van der Waals surface area (Å²) in [5.74, 6) is 0.0657. The molecule has 2 aromatic carbocycles. The maximum Gasteiger partial charge on any atom is 0.313 e. The fraction of sp³-hybridized carbons (Fsp3) is 0.357. The van der Waals surface area contributed by atoms with E-state index in [1.165, 1.54) is 0 Å². The predicted octanol–water partition coefficient (Wildman–Crippen LogP) is 5.38. The van der Waals surface area contributed by atoms with Crippen LogP contribution in [0.5, 0.6) is 5.75 Å². The van der Waals surface area contributed by atoms with Crippen molar-refractivity contribution < 1.29 is 19.1 Å². The molecule has 4 rings (SSSR count). The molecule has 5 heteroatoms. The predicted molar refractivity (Wildman–Crippen MR) is 130 cm³/mol. The number of ether oxygens (including phenoxy) is 2. The van der Waals surface area contributed by atoms with E-state index in [9.17, 15) is 9.59 Å². The molecular formula is C28H31NO4. The molecule has 1 fully saturated rings. The summed E-state index contributed by atoms with van der Waals surface area (Å²) in [6.07, 6.45) is 6.20. The number of allylic oxidation sites excluding steroid dienone is 3. The van der Waals surface area contributed by atoms with Gasteiger partial charge in [0.15, 0.2) is 0 Å². The summed E-state index contributed by atoms with van der Waals surface area (Å²) in [6, 6.07) is 15.6. The summed E-state index contributed by atoms with van der Waals surface area (Å²) in [6.45, 7) is 8.00. The fourth-order valence-corrected chi connectivity index (χ4v) is 4.45. The monoisotopic (exact) mass is 445 g/mol. The van der Waals surface area contributed by atoms with Crippen LogP contribution in [0.25, 0.3) is 0 Å². The highest BCUT2D eigenvalue weighted by molar-refractivity contribution is 6.01. The molecule has 3 unspecified atom stereocenters. The Morgan fingerprint density at radius 3 is 2.33 bits per heavy atom. The molecule has 2 aromatic rings. The summed E-state index contributed by atoms with van der Waals surface area (Å²) in [4.78, 5) is 27.7. The zero-order valence-corrected chi connectivity index (χ0v) is 19.9. The Bertz CT molecular complexity index is 1090. The lowest BCUT2D eigenvalue weighted by Crippen LogP contribution is -2.29. The summed E-state index contributed by atoms with van der Waals surface area (Å²) in [5.41, 5.74) is 3.40. The lowest BCUT2D eigenvalue weighted by atomic mass is 9.79. The van der Waals surface area contributed by atoms with Crippen molar-refractivity contribution >= 4 is 17.6 Å². The third kappa shape index (κ3) is 4.72. The topological polar surface area (TPSA) is 55.8 Å². The minimum Gasteiger partial charge on any atom is -0.497 e. The smallest absolute Gasteiger partial charge is 0.313 e. The van der Waals surface area contributed by atoms with E-state index in [2.05, 4.69) is 12.2 Å². The number of benzene rings is 2. The number of nitrogens with zero attached hydrogens (tertiary/aromatic N) is 1. The Morgan fingerprint density at radius 2 is 1.73 bits per heavy atom. The molecule has 1 saturated heterocycles. The number of amides is 1. The summed E-state index contributed by atoms with van der Waals surface area (Å²) in [7, 11) is 1.65. The van der Waals surface area contributed by atoms with Crippen LogP contribution in [0.1, 0.15) is 50.7 Å². The first-order valence-electron chi connectivity index (χ1n) is 11.3. The molecule has 0 bridgehead atoms. The Hall–Kier alpha value is -3.34. The number of fused-ring (bicyclic) bond motifs is 1. The van der Waals surface area contributed by atoms with Crippen LogP contribution in [0.3, 0.4) is 0 Å². The van der Waals surface area contributed by atoms with Crippen LogP contribution < -0.4 is 9.64 Å². The molecule has 1 aliphatic heterocycles. The number of esters is 1. The lowest BCUT2D eigenvalue weighted by Gasteiger charge is -2.24. The van der Waals surface area contributed by atoms with E-state index in [-0.39, 0.29) is 29.6 Å². The molecule has 5 nitrogen and oxygen atoms in total. The highest BCUT2D eigenvalue weighted by Gasteiger charge is 2.42. The Morgan fingerprint density at radius 1 is 1.06 bits per heavy atom. The maximum atomic E-state index is 13.5. The number of anilines is 1. The Balaban J connectivity index is 1.52. The van der Waals surface area contributed by atoms with Crippen LogP contribution in [0.4, 0.5) is 5.69 Å². The Labute approximate surface area is 195 Å². The second kappa shape index (κ2) is 8.89. The van der Waals surface area contributed by atoms with Gasteiger partial charge < -0.3 is 14.4 Å². The van der Waals surface area contributed by atoms with Crippen molar-refractivity contribution in [1.82, 2.24) is 0 Å². The van der Waals surface area contributed by atoms with E-state index in [1.807, 2.05) is 87.2 Å². The van der Waals surface area contributed by atoms with Crippen molar-refractivity contribution in [2.75, 3.05) is 18.6 Å². The molecule has 33 heavy (non-hydrogen) atoms. The van der Waals surface area contributed by atoms with Crippen LogP contribution >= 0.6 is 0 Å². The van der Waals surface area contributed by atoms with Gasteiger partial charge in [0.2, 0.25) is 5.91 Å². The van der Waals surface area contributed by atoms with Crippen molar-refractivity contribution in [3.05, 3.63) is 83.5 Å². The molecule has 1 aliphatic carbocycles. The molecule has 1 amide bonds. The molecule has 0 aromatic heterocycles. The van der Waals surface area contributed by atoms with E-state index >= 15 is 0 Å². The summed E-state index contributed by atoms with van der Waals surface area (Å²) in [5, 5.41) is 0. The maximum absolute atomic E-state index is 13.5. The van der Waals surface area contributed by atoms with Gasteiger partial charge in [0.1, 0.15) is 11.4 Å². The normalized spacial score (nSPS) is 20.8. The van der Waals surface area contributed by atoms with Crippen LogP contribution in [-0.2, 0) is 14.3 Å². The average Bonchev–Trinajstić information content (AvgIpc) is 3.14. The summed E-state index contributed by atoms with van der Waals surface area (Å²) < 4.78 is 10.8. The van der Waals surface area contributed by atoms with Gasteiger partial charge in [-0.05, 0) is 68.7 Å². The van der Waals surface area contributed by atoms with Gasteiger partial charge in [0.25, 0.3) is 0 Å². The van der Waals surface area contributed by atoms with E-state index in [0.717, 1.165) is 28.1 Å². The molecule has 0 spiro atoms. The average molecular weight is 446 g/mol. The van der Waals surface area contributed by atoms with Crippen molar-refractivity contribution in [2.45, 2.75) is 45.1 Å². The van der Waals surface area contributed by atoms with Crippen molar-refractivity contribution in [3.63, 3.8) is 0 Å². The molecule has 0 N–H and O–H groups in total. The molecule has 1 heterocycles. The number of hydrogen-bond donors (Lipinski definition) is 0. The van der Waals surface area contributed by atoms with Gasteiger partial charge in [0, 0.05) is 18.2 Å². The Kier molecular flexibility index (Phi) is 6.15. The molecule has 3 atom stereocenters. The standard InChI is InChI=1S/C28H31NO4/c1-18(27(31)33-28(2,3)4)19-9-13-22(14-10-19)29-17-21-7-6-8-24(25(21)26(29)30)20-11-15-23(32-5)16-12-20/h6-16,18,24-25H,17H2,1-5H3. The second-order valence-electron chi connectivity index (χ2n) is 9.67. The molecule has 2 aliphatic rings. The molecule has 172 valence electrons. The zero-order chi connectivity index (χ0) is 23.8. The highest BCUT2D eigenvalue weighted by Crippen LogP contribution is 2.42. The molecular weight excluding hydrogens is 414 g/mol.